The number of amides is 1. The predicted octanol–water partition coefficient (Wildman–Crippen LogP) is 2.30. The zero-order valence-electron chi connectivity index (χ0n) is 10.8. The third-order valence-electron chi connectivity index (χ3n) is 3.44. The SMILES string of the molecule is O=C(Nc1[nH]c(=O)ncc1F)[C@H]1C[C@H]1c1ccc(Cl)cc1. The van der Waals surface area contributed by atoms with Crippen molar-refractivity contribution in [3.63, 3.8) is 0 Å². The molecule has 1 saturated carbocycles. The van der Waals surface area contributed by atoms with Crippen LogP contribution < -0.4 is 11.0 Å². The van der Waals surface area contributed by atoms with E-state index in [1.54, 1.807) is 12.1 Å². The fraction of sp³-hybridized carbons (Fsp3) is 0.214. The highest BCUT2D eigenvalue weighted by Gasteiger charge is 2.44. The van der Waals surface area contributed by atoms with Crippen molar-refractivity contribution in [3.8, 4) is 0 Å². The molecule has 1 fully saturated rings. The molecule has 2 N–H and O–H groups in total. The molecule has 108 valence electrons. The van der Waals surface area contributed by atoms with Crippen LogP contribution in [0, 0.1) is 11.7 Å². The molecule has 1 heterocycles. The molecule has 0 bridgehead atoms. The zero-order chi connectivity index (χ0) is 15.0. The van der Waals surface area contributed by atoms with Crippen molar-refractivity contribution < 1.29 is 9.18 Å². The third kappa shape index (κ3) is 2.95. The molecule has 0 unspecified atom stereocenters. The minimum Gasteiger partial charge on any atom is -0.309 e. The van der Waals surface area contributed by atoms with Gasteiger partial charge in [0.2, 0.25) is 5.91 Å². The number of aromatic nitrogens is 2. The first-order valence-corrected chi connectivity index (χ1v) is 6.73. The number of hydrogen-bond donors (Lipinski definition) is 2. The first kappa shape index (κ1) is 13.8. The number of halogens is 2. The molecular formula is C14H11ClFN3O2. The smallest absolute Gasteiger partial charge is 0.309 e. The number of hydrogen-bond acceptors (Lipinski definition) is 3. The third-order valence-corrected chi connectivity index (χ3v) is 3.69. The Kier molecular flexibility index (Phi) is 3.47. The van der Waals surface area contributed by atoms with Crippen molar-refractivity contribution >= 4 is 23.3 Å². The van der Waals surface area contributed by atoms with Crippen molar-refractivity contribution in [2.45, 2.75) is 12.3 Å². The molecule has 1 aliphatic rings. The zero-order valence-corrected chi connectivity index (χ0v) is 11.5. The number of nitrogens with one attached hydrogen (secondary N) is 2. The minimum absolute atomic E-state index is 0.0962. The lowest BCUT2D eigenvalue weighted by Crippen LogP contribution is -2.21. The molecule has 21 heavy (non-hydrogen) atoms. The van der Waals surface area contributed by atoms with E-state index in [1.807, 2.05) is 12.1 Å². The summed E-state index contributed by atoms with van der Waals surface area (Å²) in [7, 11) is 0. The Morgan fingerprint density at radius 1 is 1.38 bits per heavy atom. The van der Waals surface area contributed by atoms with Gasteiger partial charge in [0.25, 0.3) is 0 Å². The molecule has 5 nitrogen and oxygen atoms in total. The lowest BCUT2D eigenvalue weighted by molar-refractivity contribution is -0.117. The number of H-pyrrole nitrogens is 1. The van der Waals surface area contributed by atoms with E-state index in [0.717, 1.165) is 11.8 Å². The number of benzene rings is 1. The van der Waals surface area contributed by atoms with Crippen LogP contribution in [0.4, 0.5) is 10.2 Å². The van der Waals surface area contributed by atoms with E-state index in [0.29, 0.717) is 11.4 Å². The number of rotatable bonds is 3. The van der Waals surface area contributed by atoms with Crippen LogP contribution >= 0.6 is 11.6 Å². The number of carbonyl (C=O) groups excluding carboxylic acids is 1. The molecule has 0 saturated heterocycles. The summed E-state index contributed by atoms with van der Waals surface area (Å²) in [4.78, 5) is 28.5. The standard InChI is InChI=1S/C14H11ClFN3O2/c15-8-3-1-7(2-4-8)9-5-10(9)13(20)18-12-11(16)6-17-14(21)19-12/h1-4,6,9-10H,5H2,(H2,17,18,19,20,21)/t9-,10-/m0/s1. The fourth-order valence-electron chi connectivity index (χ4n) is 2.25. The summed E-state index contributed by atoms with van der Waals surface area (Å²) < 4.78 is 13.4. The van der Waals surface area contributed by atoms with E-state index in [2.05, 4.69) is 15.3 Å². The average molecular weight is 308 g/mol. The van der Waals surface area contributed by atoms with Gasteiger partial charge in [0.15, 0.2) is 11.6 Å². The maximum atomic E-state index is 13.4. The van der Waals surface area contributed by atoms with Gasteiger partial charge in [0.1, 0.15) is 0 Å². The molecule has 3 rings (SSSR count). The summed E-state index contributed by atoms with van der Waals surface area (Å²) in [6, 6.07) is 7.28. The topological polar surface area (TPSA) is 74.8 Å². The van der Waals surface area contributed by atoms with Crippen LogP contribution in [0.3, 0.4) is 0 Å². The van der Waals surface area contributed by atoms with Gasteiger partial charge in [-0.15, -0.1) is 0 Å². The van der Waals surface area contributed by atoms with Crippen molar-refractivity contribution in [3.05, 3.63) is 57.3 Å². The van der Waals surface area contributed by atoms with Gasteiger partial charge in [0, 0.05) is 10.9 Å². The molecule has 2 aromatic rings. The van der Waals surface area contributed by atoms with E-state index in [4.69, 9.17) is 11.6 Å². The van der Waals surface area contributed by atoms with Gasteiger partial charge in [-0.05, 0) is 30.0 Å². The highest BCUT2D eigenvalue weighted by Crippen LogP contribution is 2.48. The van der Waals surface area contributed by atoms with Gasteiger partial charge in [-0.3, -0.25) is 9.78 Å². The highest BCUT2D eigenvalue weighted by atomic mass is 35.5. The van der Waals surface area contributed by atoms with Crippen molar-refractivity contribution in [2.75, 3.05) is 5.32 Å². The molecule has 1 aromatic heterocycles. The molecule has 1 aliphatic carbocycles. The van der Waals surface area contributed by atoms with Gasteiger partial charge in [-0.2, -0.15) is 4.98 Å². The fourth-order valence-corrected chi connectivity index (χ4v) is 2.37. The molecule has 1 aromatic carbocycles. The van der Waals surface area contributed by atoms with E-state index in [1.165, 1.54) is 0 Å². The van der Waals surface area contributed by atoms with Crippen LogP contribution in [0.2, 0.25) is 5.02 Å². The molecule has 0 radical (unpaired) electrons. The predicted molar refractivity (Wildman–Crippen MR) is 75.7 cm³/mol. The minimum atomic E-state index is -0.772. The van der Waals surface area contributed by atoms with Crippen LogP contribution in [0.25, 0.3) is 0 Å². The van der Waals surface area contributed by atoms with Gasteiger partial charge in [-0.1, -0.05) is 23.7 Å². The summed E-state index contributed by atoms with van der Waals surface area (Å²) in [5.74, 6) is -1.48. The Morgan fingerprint density at radius 2 is 2.10 bits per heavy atom. The summed E-state index contributed by atoms with van der Waals surface area (Å²) in [6.07, 6.45) is 1.46. The summed E-state index contributed by atoms with van der Waals surface area (Å²) in [6.45, 7) is 0. The van der Waals surface area contributed by atoms with Crippen molar-refractivity contribution in [2.24, 2.45) is 5.92 Å². The molecule has 1 amide bonds. The maximum Gasteiger partial charge on any atom is 0.346 e. The molecular weight excluding hydrogens is 297 g/mol. The van der Waals surface area contributed by atoms with Crippen LogP contribution in [0.5, 0.6) is 0 Å². The summed E-state index contributed by atoms with van der Waals surface area (Å²) in [5, 5.41) is 3.02. The van der Waals surface area contributed by atoms with Gasteiger partial charge < -0.3 is 5.32 Å². The van der Waals surface area contributed by atoms with Crippen LogP contribution in [-0.4, -0.2) is 15.9 Å². The van der Waals surface area contributed by atoms with E-state index in [9.17, 15) is 14.0 Å². The van der Waals surface area contributed by atoms with Crippen molar-refractivity contribution in [1.29, 1.82) is 0 Å². The van der Waals surface area contributed by atoms with E-state index < -0.39 is 11.5 Å². The molecule has 7 heteroatoms. The lowest BCUT2D eigenvalue weighted by Gasteiger charge is -2.05. The second-order valence-electron chi connectivity index (χ2n) is 4.90. The summed E-state index contributed by atoms with van der Waals surface area (Å²) >= 11 is 5.81. The normalized spacial score (nSPS) is 20.1. The number of nitrogens with zero attached hydrogens (tertiary/aromatic N) is 1. The average Bonchev–Trinajstić information content (AvgIpc) is 3.24. The van der Waals surface area contributed by atoms with E-state index in [-0.39, 0.29) is 23.6 Å². The van der Waals surface area contributed by atoms with Crippen molar-refractivity contribution in [1.82, 2.24) is 9.97 Å². The quantitative estimate of drug-likeness (QED) is 0.913. The Bertz CT molecular complexity index is 745. The number of aromatic amines is 1. The maximum absolute atomic E-state index is 13.4. The second kappa shape index (κ2) is 5.29. The first-order chi connectivity index (χ1) is 10.0. The Hall–Kier alpha value is -2.21. The number of anilines is 1. The first-order valence-electron chi connectivity index (χ1n) is 6.36. The molecule has 0 spiro atoms. The Balaban J connectivity index is 1.69. The van der Waals surface area contributed by atoms with Crippen LogP contribution in [0.1, 0.15) is 17.9 Å². The molecule has 0 aliphatic heterocycles. The molecule has 2 atom stereocenters. The van der Waals surface area contributed by atoms with Crippen LogP contribution in [-0.2, 0) is 4.79 Å². The Morgan fingerprint density at radius 3 is 2.81 bits per heavy atom. The largest absolute Gasteiger partial charge is 0.346 e. The Labute approximate surface area is 124 Å². The van der Waals surface area contributed by atoms with Gasteiger partial charge >= 0.3 is 5.69 Å². The van der Waals surface area contributed by atoms with E-state index >= 15 is 0 Å². The second-order valence-corrected chi connectivity index (χ2v) is 5.34. The lowest BCUT2D eigenvalue weighted by atomic mass is 10.1. The van der Waals surface area contributed by atoms with Crippen LogP contribution in [0.15, 0.2) is 35.3 Å². The van der Waals surface area contributed by atoms with Gasteiger partial charge in [0.05, 0.1) is 6.20 Å². The highest BCUT2D eigenvalue weighted by molar-refractivity contribution is 6.30. The number of carbonyl (C=O) groups is 1. The monoisotopic (exact) mass is 307 g/mol. The van der Waals surface area contributed by atoms with Gasteiger partial charge in [-0.25, -0.2) is 9.18 Å². The summed E-state index contributed by atoms with van der Waals surface area (Å²) in [5.41, 5.74) is 0.306.